The highest BCUT2D eigenvalue weighted by atomic mass is 35.7. The molecule has 0 aromatic carbocycles. The maximum atomic E-state index is 11.4. The quantitative estimate of drug-likeness (QED) is 0.769. The second kappa shape index (κ2) is 4.04. The smallest absolute Gasteiger partial charge is 0.280 e. The van der Waals surface area contributed by atoms with E-state index in [2.05, 4.69) is 11.9 Å². The third-order valence-corrected chi connectivity index (χ3v) is 4.30. The first-order valence-electron chi connectivity index (χ1n) is 5.49. The zero-order valence-corrected chi connectivity index (χ0v) is 11.0. The summed E-state index contributed by atoms with van der Waals surface area (Å²) in [4.78, 5) is 4.18. The molecule has 0 aliphatic carbocycles. The molecule has 1 aliphatic rings. The third-order valence-electron chi connectivity index (χ3n) is 3.07. The van der Waals surface area contributed by atoms with Crippen LogP contribution in [0, 0.1) is 0 Å². The molecule has 1 aromatic heterocycles. The van der Waals surface area contributed by atoms with Crippen molar-refractivity contribution in [1.29, 1.82) is 0 Å². The van der Waals surface area contributed by atoms with Crippen LogP contribution >= 0.6 is 10.7 Å². The van der Waals surface area contributed by atoms with Gasteiger partial charge in [-0.05, 0) is 26.2 Å². The highest BCUT2D eigenvalue weighted by molar-refractivity contribution is 8.13. The number of hydrogen-bond acceptors (Lipinski definition) is 3. The summed E-state index contributed by atoms with van der Waals surface area (Å²) in [5, 5.41) is 0.0672. The van der Waals surface area contributed by atoms with E-state index >= 15 is 0 Å². The standard InChI is InChI=1S/C10H15ClN2O2S/c1-3-9-12-10(16(11,14)15)8-6-4-5-7(2)13(8)9/h7H,3-6H2,1-2H3. The van der Waals surface area contributed by atoms with Crippen LogP contribution in [0.2, 0.25) is 0 Å². The number of fused-ring (bicyclic) bond motifs is 1. The van der Waals surface area contributed by atoms with Crippen molar-refractivity contribution in [3.8, 4) is 0 Å². The number of nitrogens with zero attached hydrogens (tertiary/aromatic N) is 2. The third kappa shape index (κ3) is 1.86. The van der Waals surface area contributed by atoms with E-state index in [-0.39, 0.29) is 5.03 Å². The van der Waals surface area contributed by atoms with Crippen molar-refractivity contribution in [1.82, 2.24) is 9.55 Å². The first-order valence-corrected chi connectivity index (χ1v) is 7.80. The Hall–Kier alpha value is -0.550. The number of hydrogen-bond donors (Lipinski definition) is 0. The van der Waals surface area contributed by atoms with Crippen molar-refractivity contribution in [3.05, 3.63) is 11.5 Å². The molecule has 4 nitrogen and oxygen atoms in total. The van der Waals surface area contributed by atoms with E-state index in [0.29, 0.717) is 6.04 Å². The highest BCUT2D eigenvalue weighted by Gasteiger charge is 2.29. The lowest BCUT2D eigenvalue weighted by Gasteiger charge is -2.24. The summed E-state index contributed by atoms with van der Waals surface area (Å²) in [7, 11) is 1.69. The fraction of sp³-hybridized carbons (Fsp3) is 0.700. The molecule has 0 bridgehead atoms. The molecule has 16 heavy (non-hydrogen) atoms. The summed E-state index contributed by atoms with van der Waals surface area (Å²) in [5.41, 5.74) is 0.783. The molecule has 1 atom stereocenters. The lowest BCUT2D eigenvalue weighted by molar-refractivity contribution is 0.416. The first-order chi connectivity index (χ1) is 7.45. The number of aryl methyl sites for hydroxylation is 1. The first kappa shape index (κ1) is 11.9. The fourth-order valence-corrected chi connectivity index (χ4v) is 3.45. The minimum Gasteiger partial charge on any atom is -0.328 e. The maximum Gasteiger partial charge on any atom is 0.280 e. The molecule has 2 rings (SSSR count). The Bertz CT molecular complexity index is 507. The van der Waals surface area contributed by atoms with Gasteiger partial charge in [-0.25, -0.2) is 13.4 Å². The summed E-state index contributed by atoms with van der Waals surface area (Å²) in [6, 6.07) is 0.318. The summed E-state index contributed by atoms with van der Waals surface area (Å²) < 4.78 is 24.9. The molecule has 2 heterocycles. The molecule has 6 heteroatoms. The van der Waals surface area contributed by atoms with Gasteiger partial charge in [0.1, 0.15) is 5.82 Å². The van der Waals surface area contributed by atoms with Crippen LogP contribution in [0.4, 0.5) is 0 Å². The summed E-state index contributed by atoms with van der Waals surface area (Å²) in [6.07, 6.45) is 3.54. The van der Waals surface area contributed by atoms with Crippen molar-refractivity contribution < 1.29 is 8.42 Å². The van der Waals surface area contributed by atoms with Crippen molar-refractivity contribution in [3.63, 3.8) is 0 Å². The van der Waals surface area contributed by atoms with Gasteiger partial charge in [0.25, 0.3) is 9.05 Å². The SMILES string of the molecule is CCc1nc(S(=O)(=O)Cl)c2n1C(C)CCC2. The van der Waals surface area contributed by atoms with Crippen LogP contribution < -0.4 is 0 Å². The Kier molecular flexibility index (Phi) is 3.01. The van der Waals surface area contributed by atoms with Crippen LogP contribution in [0.25, 0.3) is 0 Å². The van der Waals surface area contributed by atoms with E-state index in [4.69, 9.17) is 10.7 Å². The molecule has 0 radical (unpaired) electrons. The Morgan fingerprint density at radius 1 is 1.56 bits per heavy atom. The zero-order chi connectivity index (χ0) is 11.9. The lowest BCUT2D eigenvalue weighted by atomic mass is 10.0. The molecule has 0 fully saturated rings. The van der Waals surface area contributed by atoms with Gasteiger partial charge in [0.2, 0.25) is 0 Å². The largest absolute Gasteiger partial charge is 0.328 e. The molecule has 1 unspecified atom stereocenters. The lowest BCUT2D eigenvalue weighted by Crippen LogP contribution is -2.17. The average Bonchev–Trinajstić information content (AvgIpc) is 2.57. The van der Waals surface area contributed by atoms with Crippen LogP contribution in [0.15, 0.2) is 5.03 Å². The predicted molar refractivity (Wildman–Crippen MR) is 62.3 cm³/mol. The van der Waals surface area contributed by atoms with Crippen LogP contribution in [-0.4, -0.2) is 18.0 Å². The van der Waals surface area contributed by atoms with Gasteiger partial charge in [0.05, 0.1) is 5.69 Å². The average molecular weight is 263 g/mol. The minimum absolute atomic E-state index is 0.0672. The van der Waals surface area contributed by atoms with Crippen LogP contribution in [0.5, 0.6) is 0 Å². The molecule has 0 N–H and O–H groups in total. The Labute approximate surface area is 100 Å². The van der Waals surface area contributed by atoms with Gasteiger partial charge in [-0.1, -0.05) is 6.92 Å². The molecule has 0 amide bonds. The summed E-state index contributed by atoms with van der Waals surface area (Å²) in [6.45, 7) is 4.07. The molecule has 0 saturated heterocycles. The van der Waals surface area contributed by atoms with Crippen molar-refractivity contribution in [2.45, 2.75) is 50.6 Å². The second-order valence-electron chi connectivity index (χ2n) is 4.18. The summed E-state index contributed by atoms with van der Waals surface area (Å²) >= 11 is 0. The van der Waals surface area contributed by atoms with Crippen LogP contribution in [0.1, 0.15) is 44.2 Å². The van der Waals surface area contributed by atoms with Crippen molar-refractivity contribution in [2.24, 2.45) is 0 Å². The van der Waals surface area contributed by atoms with Gasteiger partial charge in [0, 0.05) is 23.1 Å². The molecule has 1 aromatic rings. The van der Waals surface area contributed by atoms with Gasteiger partial charge in [-0.2, -0.15) is 0 Å². The fourth-order valence-electron chi connectivity index (χ4n) is 2.38. The van der Waals surface area contributed by atoms with Crippen molar-refractivity contribution >= 4 is 19.7 Å². The number of halogens is 1. The predicted octanol–water partition coefficient (Wildman–Crippen LogP) is 2.27. The Balaban J connectivity index is 2.67. The molecule has 90 valence electrons. The maximum absolute atomic E-state index is 11.4. The van der Waals surface area contributed by atoms with Gasteiger partial charge < -0.3 is 4.57 Å². The number of aromatic nitrogens is 2. The van der Waals surface area contributed by atoms with E-state index < -0.39 is 9.05 Å². The van der Waals surface area contributed by atoms with E-state index in [9.17, 15) is 8.42 Å². The second-order valence-corrected chi connectivity index (χ2v) is 6.66. The van der Waals surface area contributed by atoms with Gasteiger partial charge in [0.15, 0.2) is 5.03 Å². The molecular formula is C10H15ClN2O2S. The van der Waals surface area contributed by atoms with E-state index in [0.717, 1.165) is 37.2 Å². The van der Waals surface area contributed by atoms with Gasteiger partial charge in [-0.15, -0.1) is 0 Å². The molecule has 0 spiro atoms. The van der Waals surface area contributed by atoms with E-state index in [1.54, 1.807) is 0 Å². The zero-order valence-electron chi connectivity index (χ0n) is 9.40. The van der Waals surface area contributed by atoms with Crippen molar-refractivity contribution in [2.75, 3.05) is 0 Å². The van der Waals surface area contributed by atoms with Crippen LogP contribution in [0.3, 0.4) is 0 Å². The molecule has 1 aliphatic heterocycles. The topological polar surface area (TPSA) is 52.0 Å². The van der Waals surface area contributed by atoms with Gasteiger partial charge in [-0.3, -0.25) is 0 Å². The van der Waals surface area contributed by atoms with Crippen LogP contribution in [-0.2, 0) is 21.9 Å². The summed E-state index contributed by atoms with van der Waals surface area (Å²) in [5.74, 6) is 0.821. The van der Waals surface area contributed by atoms with Gasteiger partial charge >= 0.3 is 0 Å². The number of rotatable bonds is 2. The minimum atomic E-state index is -3.72. The Morgan fingerprint density at radius 3 is 2.81 bits per heavy atom. The normalized spacial score (nSPS) is 20.8. The van der Waals surface area contributed by atoms with E-state index in [1.807, 2.05) is 11.5 Å². The van der Waals surface area contributed by atoms with E-state index in [1.165, 1.54) is 0 Å². The number of imidazole rings is 1. The Morgan fingerprint density at radius 2 is 2.25 bits per heavy atom. The monoisotopic (exact) mass is 262 g/mol. The highest BCUT2D eigenvalue weighted by Crippen LogP contribution is 2.32. The molecule has 0 saturated carbocycles. The molecular weight excluding hydrogens is 248 g/mol.